The Hall–Kier alpha value is -1.61. The van der Waals surface area contributed by atoms with Crippen LogP contribution in [0.2, 0.25) is 0 Å². The summed E-state index contributed by atoms with van der Waals surface area (Å²) in [6.07, 6.45) is 0.573. The molecule has 102 valence electrons. The Labute approximate surface area is 114 Å². The van der Waals surface area contributed by atoms with Crippen LogP contribution in [-0.2, 0) is 6.42 Å². The Morgan fingerprint density at radius 1 is 1.05 bits per heavy atom. The second kappa shape index (κ2) is 5.17. The van der Waals surface area contributed by atoms with Crippen molar-refractivity contribution in [1.82, 2.24) is 9.97 Å². The van der Waals surface area contributed by atoms with Crippen molar-refractivity contribution in [3.05, 3.63) is 39.8 Å². The van der Waals surface area contributed by atoms with Crippen LogP contribution in [0.5, 0.6) is 0 Å². The third-order valence-electron chi connectivity index (χ3n) is 3.89. The largest absolute Gasteiger partial charge is 0.396 e. The third-order valence-corrected chi connectivity index (χ3v) is 3.89. The van der Waals surface area contributed by atoms with E-state index < -0.39 is 0 Å². The fourth-order valence-corrected chi connectivity index (χ4v) is 2.56. The van der Waals surface area contributed by atoms with E-state index in [0.717, 1.165) is 17.2 Å². The van der Waals surface area contributed by atoms with Gasteiger partial charge in [-0.05, 0) is 56.9 Å². The molecule has 0 radical (unpaired) electrons. The van der Waals surface area contributed by atoms with Crippen LogP contribution in [0.1, 0.15) is 33.8 Å². The predicted octanol–water partition coefficient (Wildman–Crippen LogP) is 3.15. The van der Waals surface area contributed by atoms with Gasteiger partial charge in [0.2, 0.25) is 0 Å². The van der Waals surface area contributed by atoms with Crippen LogP contribution in [0.4, 0.5) is 0 Å². The number of nitrogens with zero attached hydrogens (tertiary/aromatic N) is 1. The maximum absolute atomic E-state index is 9.03. The molecule has 1 aromatic heterocycles. The Morgan fingerprint density at radius 2 is 1.63 bits per heavy atom. The summed E-state index contributed by atoms with van der Waals surface area (Å²) in [5.74, 6) is 0.855. The highest BCUT2D eigenvalue weighted by atomic mass is 16.3. The SMILES string of the molecule is Cc1cc(C)c(C)c(-c2nc(CCO)[nH]c2C)c1C. The van der Waals surface area contributed by atoms with E-state index >= 15 is 0 Å². The summed E-state index contributed by atoms with van der Waals surface area (Å²) in [5.41, 5.74) is 8.48. The quantitative estimate of drug-likeness (QED) is 0.888. The molecular formula is C16H22N2O. The van der Waals surface area contributed by atoms with Gasteiger partial charge in [-0.2, -0.15) is 0 Å². The molecule has 0 saturated heterocycles. The molecule has 1 heterocycles. The highest BCUT2D eigenvalue weighted by molar-refractivity contribution is 5.72. The van der Waals surface area contributed by atoms with Gasteiger partial charge in [-0.3, -0.25) is 0 Å². The lowest BCUT2D eigenvalue weighted by Crippen LogP contribution is -1.97. The molecule has 0 amide bonds. The molecule has 1 aromatic carbocycles. The van der Waals surface area contributed by atoms with Gasteiger partial charge in [0.05, 0.1) is 12.3 Å². The Kier molecular flexibility index (Phi) is 3.76. The van der Waals surface area contributed by atoms with Crippen LogP contribution < -0.4 is 0 Å². The molecule has 2 N–H and O–H groups in total. The summed E-state index contributed by atoms with van der Waals surface area (Å²) >= 11 is 0. The smallest absolute Gasteiger partial charge is 0.109 e. The first kappa shape index (κ1) is 13.8. The number of H-pyrrole nitrogens is 1. The zero-order valence-electron chi connectivity index (χ0n) is 12.4. The summed E-state index contributed by atoms with van der Waals surface area (Å²) in [6, 6.07) is 2.23. The lowest BCUT2D eigenvalue weighted by atomic mass is 9.92. The number of aryl methyl sites for hydroxylation is 3. The molecule has 0 spiro atoms. The molecule has 0 fully saturated rings. The molecule has 19 heavy (non-hydrogen) atoms. The molecule has 0 unspecified atom stereocenters. The van der Waals surface area contributed by atoms with Gasteiger partial charge < -0.3 is 10.1 Å². The van der Waals surface area contributed by atoms with E-state index in [-0.39, 0.29) is 6.61 Å². The number of nitrogens with one attached hydrogen (secondary N) is 1. The molecular weight excluding hydrogens is 236 g/mol. The van der Waals surface area contributed by atoms with Gasteiger partial charge in [-0.25, -0.2) is 4.98 Å². The number of aromatic amines is 1. The van der Waals surface area contributed by atoms with Crippen molar-refractivity contribution in [2.45, 2.75) is 41.0 Å². The zero-order chi connectivity index (χ0) is 14.2. The first-order valence-corrected chi connectivity index (χ1v) is 6.69. The number of hydrogen-bond acceptors (Lipinski definition) is 2. The minimum absolute atomic E-state index is 0.122. The molecule has 2 rings (SSSR count). The topological polar surface area (TPSA) is 48.9 Å². The van der Waals surface area contributed by atoms with Crippen molar-refractivity contribution < 1.29 is 5.11 Å². The molecule has 2 aromatic rings. The van der Waals surface area contributed by atoms with E-state index in [1.165, 1.54) is 27.8 Å². The summed E-state index contributed by atoms with van der Waals surface area (Å²) < 4.78 is 0. The predicted molar refractivity (Wildman–Crippen MR) is 78.5 cm³/mol. The van der Waals surface area contributed by atoms with E-state index in [4.69, 9.17) is 5.11 Å². The number of aliphatic hydroxyl groups is 1. The van der Waals surface area contributed by atoms with E-state index in [9.17, 15) is 0 Å². The van der Waals surface area contributed by atoms with Crippen molar-refractivity contribution in [3.63, 3.8) is 0 Å². The highest BCUT2D eigenvalue weighted by Crippen LogP contribution is 2.32. The van der Waals surface area contributed by atoms with Crippen molar-refractivity contribution in [2.24, 2.45) is 0 Å². The lowest BCUT2D eigenvalue weighted by molar-refractivity contribution is 0.297. The number of benzene rings is 1. The molecule has 3 heteroatoms. The Bertz CT molecular complexity index is 585. The minimum atomic E-state index is 0.122. The van der Waals surface area contributed by atoms with Crippen molar-refractivity contribution in [3.8, 4) is 11.3 Å². The summed E-state index contributed by atoms with van der Waals surface area (Å²) in [5, 5.41) is 9.03. The highest BCUT2D eigenvalue weighted by Gasteiger charge is 2.16. The fourth-order valence-electron chi connectivity index (χ4n) is 2.56. The Balaban J connectivity index is 2.65. The average molecular weight is 258 g/mol. The molecule has 0 aliphatic carbocycles. The minimum Gasteiger partial charge on any atom is -0.396 e. The van der Waals surface area contributed by atoms with Gasteiger partial charge in [0.25, 0.3) is 0 Å². The standard InChI is InChI=1S/C16H22N2O/c1-9-8-10(2)12(4)15(11(9)3)16-13(5)17-14(18-16)6-7-19/h8,19H,6-7H2,1-5H3,(H,17,18). The van der Waals surface area contributed by atoms with E-state index in [1.54, 1.807) is 0 Å². The average Bonchev–Trinajstić information content (AvgIpc) is 2.69. The molecule has 3 nitrogen and oxygen atoms in total. The van der Waals surface area contributed by atoms with Crippen LogP contribution in [0.15, 0.2) is 6.07 Å². The second-order valence-corrected chi connectivity index (χ2v) is 5.27. The van der Waals surface area contributed by atoms with Crippen molar-refractivity contribution >= 4 is 0 Å². The number of rotatable bonds is 3. The second-order valence-electron chi connectivity index (χ2n) is 5.27. The molecule has 0 bridgehead atoms. The summed E-state index contributed by atoms with van der Waals surface area (Å²) in [7, 11) is 0. The first-order chi connectivity index (χ1) is 8.95. The number of hydrogen-bond donors (Lipinski definition) is 2. The molecule has 0 saturated carbocycles. The van der Waals surface area contributed by atoms with Crippen molar-refractivity contribution in [2.75, 3.05) is 6.61 Å². The fraction of sp³-hybridized carbons (Fsp3) is 0.438. The van der Waals surface area contributed by atoms with Gasteiger partial charge in [-0.1, -0.05) is 6.07 Å². The number of aromatic nitrogens is 2. The van der Waals surface area contributed by atoms with E-state index in [0.29, 0.717) is 6.42 Å². The van der Waals surface area contributed by atoms with E-state index in [2.05, 4.69) is 43.7 Å². The van der Waals surface area contributed by atoms with Crippen molar-refractivity contribution in [1.29, 1.82) is 0 Å². The maximum atomic E-state index is 9.03. The van der Waals surface area contributed by atoms with Crippen LogP contribution in [0.25, 0.3) is 11.3 Å². The number of aliphatic hydroxyl groups excluding tert-OH is 1. The first-order valence-electron chi connectivity index (χ1n) is 6.69. The number of imidazole rings is 1. The van der Waals surface area contributed by atoms with Crippen LogP contribution in [-0.4, -0.2) is 21.7 Å². The molecule has 0 aliphatic heterocycles. The van der Waals surface area contributed by atoms with Gasteiger partial charge >= 0.3 is 0 Å². The van der Waals surface area contributed by atoms with Crippen LogP contribution in [0.3, 0.4) is 0 Å². The normalized spacial score (nSPS) is 11.1. The zero-order valence-corrected chi connectivity index (χ0v) is 12.4. The summed E-state index contributed by atoms with van der Waals surface area (Å²) in [6.45, 7) is 10.7. The maximum Gasteiger partial charge on any atom is 0.109 e. The lowest BCUT2D eigenvalue weighted by Gasteiger charge is -2.14. The third kappa shape index (κ3) is 2.43. The molecule has 0 atom stereocenters. The molecule has 0 aliphatic rings. The summed E-state index contributed by atoms with van der Waals surface area (Å²) in [4.78, 5) is 7.92. The van der Waals surface area contributed by atoms with Crippen LogP contribution in [0, 0.1) is 34.6 Å². The Morgan fingerprint density at radius 3 is 2.16 bits per heavy atom. The van der Waals surface area contributed by atoms with Crippen LogP contribution >= 0.6 is 0 Å². The monoisotopic (exact) mass is 258 g/mol. The van der Waals surface area contributed by atoms with Gasteiger partial charge in [0.1, 0.15) is 5.82 Å². The van der Waals surface area contributed by atoms with Gasteiger partial charge in [-0.15, -0.1) is 0 Å². The van der Waals surface area contributed by atoms with Gasteiger partial charge in [0.15, 0.2) is 0 Å². The van der Waals surface area contributed by atoms with Gasteiger partial charge in [0, 0.05) is 17.7 Å². The van der Waals surface area contributed by atoms with E-state index in [1.807, 2.05) is 6.92 Å².